The second-order valence-electron chi connectivity index (χ2n) is 4.25. The molecular weight excluding hydrogens is 315 g/mol. The molecule has 2 aromatic heterocycles. The van der Waals surface area contributed by atoms with Crippen LogP contribution in [0.15, 0.2) is 35.8 Å². The Hall–Kier alpha value is -2.18. The van der Waals surface area contributed by atoms with Crippen LogP contribution in [0.1, 0.15) is 10.5 Å². The molecular formula is C14H8ClFN2O2S. The number of carbonyl (C=O) groups is 1. The van der Waals surface area contributed by atoms with Gasteiger partial charge in [-0.3, -0.25) is 0 Å². The van der Waals surface area contributed by atoms with E-state index >= 15 is 0 Å². The average Bonchev–Trinajstić information content (AvgIpc) is 3.09. The van der Waals surface area contributed by atoms with Gasteiger partial charge in [-0.1, -0.05) is 17.7 Å². The van der Waals surface area contributed by atoms with E-state index in [4.69, 9.17) is 16.7 Å². The largest absolute Gasteiger partial charge is 0.477 e. The number of aromatic amines is 1. The van der Waals surface area contributed by atoms with E-state index < -0.39 is 11.8 Å². The molecule has 0 aliphatic carbocycles. The lowest BCUT2D eigenvalue weighted by Crippen LogP contribution is -1.94. The normalized spacial score (nSPS) is 10.8. The van der Waals surface area contributed by atoms with E-state index in [2.05, 4.69) is 9.97 Å². The third-order valence-electron chi connectivity index (χ3n) is 2.90. The third kappa shape index (κ3) is 2.55. The summed E-state index contributed by atoms with van der Waals surface area (Å²) >= 11 is 7.02. The number of nitrogens with one attached hydrogen (secondary N) is 1. The van der Waals surface area contributed by atoms with Gasteiger partial charge in [0.2, 0.25) is 0 Å². The van der Waals surface area contributed by atoms with Crippen LogP contribution in [0.2, 0.25) is 5.02 Å². The molecule has 0 aliphatic rings. The zero-order valence-corrected chi connectivity index (χ0v) is 12.0. The molecule has 0 spiro atoms. The summed E-state index contributed by atoms with van der Waals surface area (Å²) < 4.78 is 14.0. The number of halogens is 2. The predicted molar refractivity (Wildman–Crippen MR) is 79.3 cm³/mol. The van der Waals surface area contributed by atoms with Gasteiger partial charge in [-0.2, -0.15) is 0 Å². The standard InChI is InChI=1S/C14H8ClFN2O2S/c15-9-3-1-2-8(12(9)16)13-18-11(6-21-13)7-4-10(14(19)20)17-5-7/h1-6,17H,(H,19,20). The van der Waals surface area contributed by atoms with Crippen molar-refractivity contribution in [3.63, 3.8) is 0 Å². The van der Waals surface area contributed by atoms with E-state index in [1.165, 1.54) is 23.5 Å². The quantitative estimate of drug-likeness (QED) is 0.755. The summed E-state index contributed by atoms with van der Waals surface area (Å²) in [5.74, 6) is -1.56. The van der Waals surface area contributed by atoms with Crippen molar-refractivity contribution >= 4 is 28.9 Å². The molecule has 7 heteroatoms. The second kappa shape index (κ2) is 5.31. The molecule has 0 amide bonds. The highest BCUT2D eigenvalue weighted by Gasteiger charge is 2.14. The van der Waals surface area contributed by atoms with E-state index in [-0.39, 0.29) is 10.7 Å². The number of thiazole rings is 1. The number of benzene rings is 1. The molecule has 2 N–H and O–H groups in total. The smallest absolute Gasteiger partial charge is 0.352 e. The fraction of sp³-hybridized carbons (Fsp3) is 0. The van der Waals surface area contributed by atoms with Crippen LogP contribution in [-0.4, -0.2) is 21.0 Å². The first kappa shape index (κ1) is 13.8. The number of hydrogen-bond donors (Lipinski definition) is 2. The van der Waals surface area contributed by atoms with Crippen molar-refractivity contribution in [3.05, 3.63) is 52.4 Å². The molecule has 3 aromatic rings. The van der Waals surface area contributed by atoms with Crippen molar-refractivity contribution in [2.45, 2.75) is 0 Å². The van der Waals surface area contributed by atoms with Gasteiger partial charge in [0.25, 0.3) is 0 Å². The zero-order valence-electron chi connectivity index (χ0n) is 10.4. The Labute approximate surface area is 127 Å². The van der Waals surface area contributed by atoms with Gasteiger partial charge in [-0.25, -0.2) is 14.2 Å². The Morgan fingerprint density at radius 3 is 2.95 bits per heavy atom. The first-order chi connectivity index (χ1) is 10.1. The van der Waals surface area contributed by atoms with Crippen molar-refractivity contribution in [2.75, 3.05) is 0 Å². The van der Waals surface area contributed by atoms with Gasteiger partial charge in [-0.15, -0.1) is 11.3 Å². The van der Waals surface area contributed by atoms with Crippen molar-refractivity contribution in [1.29, 1.82) is 0 Å². The first-order valence-corrected chi connectivity index (χ1v) is 7.14. The number of nitrogens with zero attached hydrogens (tertiary/aromatic N) is 1. The number of carboxylic acid groups (broad SMARTS) is 1. The average molecular weight is 323 g/mol. The number of carboxylic acids is 1. The third-order valence-corrected chi connectivity index (χ3v) is 4.06. The van der Waals surface area contributed by atoms with Crippen LogP contribution >= 0.6 is 22.9 Å². The van der Waals surface area contributed by atoms with Crippen molar-refractivity contribution in [3.8, 4) is 21.8 Å². The Morgan fingerprint density at radius 1 is 1.43 bits per heavy atom. The highest BCUT2D eigenvalue weighted by molar-refractivity contribution is 7.13. The molecule has 3 rings (SSSR count). The van der Waals surface area contributed by atoms with E-state index in [0.717, 1.165) is 0 Å². The number of H-pyrrole nitrogens is 1. The van der Waals surface area contributed by atoms with Crippen LogP contribution in [0.4, 0.5) is 4.39 Å². The van der Waals surface area contributed by atoms with Crippen LogP contribution in [0, 0.1) is 5.82 Å². The number of hydrogen-bond acceptors (Lipinski definition) is 3. The lowest BCUT2D eigenvalue weighted by Gasteiger charge is -2.00. The maximum absolute atomic E-state index is 14.0. The minimum absolute atomic E-state index is 0.0408. The van der Waals surface area contributed by atoms with Crippen molar-refractivity contribution in [2.24, 2.45) is 0 Å². The summed E-state index contributed by atoms with van der Waals surface area (Å²) in [5.41, 5.74) is 1.62. The molecule has 106 valence electrons. The van der Waals surface area contributed by atoms with Gasteiger partial charge < -0.3 is 10.1 Å². The summed E-state index contributed by atoms with van der Waals surface area (Å²) in [4.78, 5) is 17.8. The van der Waals surface area contributed by atoms with Gasteiger partial charge in [-0.05, 0) is 18.2 Å². The van der Waals surface area contributed by atoms with Crippen LogP contribution in [-0.2, 0) is 0 Å². The second-order valence-corrected chi connectivity index (χ2v) is 5.51. The minimum Gasteiger partial charge on any atom is -0.477 e. The van der Waals surface area contributed by atoms with Crippen LogP contribution < -0.4 is 0 Å². The Balaban J connectivity index is 1.99. The predicted octanol–water partition coefficient (Wildman–Crippen LogP) is 4.30. The lowest BCUT2D eigenvalue weighted by atomic mass is 10.2. The topological polar surface area (TPSA) is 66.0 Å². The maximum Gasteiger partial charge on any atom is 0.352 e. The van der Waals surface area contributed by atoms with Gasteiger partial charge >= 0.3 is 5.97 Å². The molecule has 0 saturated heterocycles. The zero-order chi connectivity index (χ0) is 15.0. The molecule has 0 radical (unpaired) electrons. The first-order valence-electron chi connectivity index (χ1n) is 5.88. The molecule has 2 heterocycles. The molecule has 0 unspecified atom stereocenters. The summed E-state index contributed by atoms with van der Waals surface area (Å²) in [6, 6.07) is 6.21. The number of aromatic carboxylic acids is 1. The van der Waals surface area contributed by atoms with E-state index in [1.54, 1.807) is 23.7 Å². The molecule has 0 saturated carbocycles. The van der Waals surface area contributed by atoms with Gasteiger partial charge in [0.15, 0.2) is 5.82 Å². The summed E-state index contributed by atoms with van der Waals surface area (Å²) in [7, 11) is 0. The van der Waals surface area contributed by atoms with Crippen molar-refractivity contribution in [1.82, 2.24) is 9.97 Å². The van der Waals surface area contributed by atoms with Crippen LogP contribution in [0.3, 0.4) is 0 Å². The molecule has 4 nitrogen and oxygen atoms in total. The highest BCUT2D eigenvalue weighted by atomic mass is 35.5. The van der Waals surface area contributed by atoms with Gasteiger partial charge in [0, 0.05) is 22.7 Å². The van der Waals surface area contributed by atoms with E-state index in [1.807, 2.05) is 0 Å². The number of aromatic nitrogens is 2. The molecule has 0 fully saturated rings. The van der Waals surface area contributed by atoms with Gasteiger partial charge in [0.1, 0.15) is 10.7 Å². The van der Waals surface area contributed by atoms with Crippen LogP contribution in [0.5, 0.6) is 0 Å². The van der Waals surface area contributed by atoms with E-state index in [9.17, 15) is 9.18 Å². The molecule has 0 aliphatic heterocycles. The van der Waals surface area contributed by atoms with Gasteiger partial charge in [0.05, 0.1) is 10.7 Å². The van der Waals surface area contributed by atoms with Crippen LogP contribution in [0.25, 0.3) is 21.8 Å². The summed E-state index contributed by atoms with van der Waals surface area (Å²) in [6.07, 6.45) is 1.55. The molecule has 0 atom stereocenters. The Kier molecular flexibility index (Phi) is 3.48. The fourth-order valence-electron chi connectivity index (χ4n) is 1.86. The number of rotatable bonds is 3. The molecule has 21 heavy (non-hydrogen) atoms. The lowest BCUT2D eigenvalue weighted by molar-refractivity contribution is 0.0691. The van der Waals surface area contributed by atoms with E-state index in [0.29, 0.717) is 21.8 Å². The molecule has 1 aromatic carbocycles. The Morgan fingerprint density at radius 2 is 2.24 bits per heavy atom. The molecule has 0 bridgehead atoms. The SMILES string of the molecule is O=C(O)c1cc(-c2csc(-c3cccc(Cl)c3F)n2)c[nH]1. The monoisotopic (exact) mass is 322 g/mol. The van der Waals surface area contributed by atoms with Crippen molar-refractivity contribution < 1.29 is 14.3 Å². The fourth-order valence-corrected chi connectivity index (χ4v) is 2.89. The Bertz CT molecular complexity index is 828. The maximum atomic E-state index is 14.0. The summed E-state index contributed by atoms with van der Waals surface area (Å²) in [5, 5.41) is 11.2. The summed E-state index contributed by atoms with van der Waals surface area (Å²) in [6.45, 7) is 0. The highest BCUT2D eigenvalue weighted by Crippen LogP contribution is 2.32. The minimum atomic E-state index is -1.04.